The number of thiophene rings is 1. The van der Waals surface area contributed by atoms with Gasteiger partial charge in [-0.05, 0) is 35.2 Å². The minimum atomic E-state index is 0.0120. The summed E-state index contributed by atoms with van der Waals surface area (Å²) in [5.41, 5.74) is 3.08. The molecule has 2 nitrogen and oxygen atoms in total. The van der Waals surface area contributed by atoms with Gasteiger partial charge in [-0.3, -0.25) is 4.79 Å². The molecule has 1 amide bonds. The molecule has 0 spiro atoms. The molecular formula is C19H16ClNOS2. The van der Waals surface area contributed by atoms with Crippen molar-refractivity contribution in [2.24, 2.45) is 0 Å². The maximum Gasteiger partial charge on any atom is 0.234 e. The van der Waals surface area contributed by atoms with Gasteiger partial charge in [-0.2, -0.15) is 0 Å². The van der Waals surface area contributed by atoms with Crippen molar-refractivity contribution in [2.45, 2.75) is 5.75 Å². The Labute approximate surface area is 154 Å². The van der Waals surface area contributed by atoms with Crippen molar-refractivity contribution in [1.82, 2.24) is 0 Å². The Bertz CT molecular complexity index is 800. The van der Waals surface area contributed by atoms with Crippen molar-refractivity contribution in [3.05, 3.63) is 76.6 Å². The molecule has 0 saturated heterocycles. The van der Waals surface area contributed by atoms with Gasteiger partial charge in [-0.1, -0.05) is 48.0 Å². The van der Waals surface area contributed by atoms with E-state index in [1.54, 1.807) is 23.1 Å². The number of thioether (sulfide) groups is 1. The smallest absolute Gasteiger partial charge is 0.234 e. The maximum atomic E-state index is 12.2. The summed E-state index contributed by atoms with van der Waals surface area (Å²) in [5.74, 6) is 1.22. The van der Waals surface area contributed by atoms with E-state index in [2.05, 4.69) is 11.4 Å². The van der Waals surface area contributed by atoms with Crippen LogP contribution in [0.4, 0.5) is 5.69 Å². The highest BCUT2D eigenvalue weighted by Crippen LogP contribution is 2.31. The molecule has 0 aliphatic rings. The van der Waals surface area contributed by atoms with Crippen LogP contribution in [-0.4, -0.2) is 11.7 Å². The average Bonchev–Trinajstić information content (AvgIpc) is 3.11. The summed E-state index contributed by atoms with van der Waals surface area (Å²) in [5, 5.41) is 5.79. The highest BCUT2D eigenvalue weighted by Gasteiger charge is 2.09. The van der Waals surface area contributed by atoms with E-state index in [1.807, 2.05) is 60.0 Å². The number of halogens is 1. The summed E-state index contributed by atoms with van der Waals surface area (Å²) in [6, 6.07) is 19.7. The Morgan fingerprint density at radius 3 is 2.58 bits per heavy atom. The first-order valence-corrected chi connectivity index (χ1v) is 9.88. The van der Waals surface area contributed by atoms with E-state index in [-0.39, 0.29) is 5.91 Å². The molecule has 2 aromatic carbocycles. The van der Waals surface area contributed by atoms with Crippen LogP contribution in [0.5, 0.6) is 0 Å². The SMILES string of the molecule is O=C(CSCc1ccc(Cl)cc1)Nc1ccccc1-c1cccs1. The zero-order chi connectivity index (χ0) is 16.8. The fourth-order valence-corrected chi connectivity index (χ4v) is 3.95. The van der Waals surface area contributed by atoms with Crippen LogP contribution in [0.2, 0.25) is 5.02 Å². The van der Waals surface area contributed by atoms with Crippen LogP contribution in [0.15, 0.2) is 66.0 Å². The highest BCUT2D eigenvalue weighted by atomic mass is 35.5. The first kappa shape index (κ1) is 17.1. The van der Waals surface area contributed by atoms with Crippen LogP contribution in [0.1, 0.15) is 5.56 Å². The molecule has 0 aliphatic carbocycles. The van der Waals surface area contributed by atoms with Gasteiger partial charge in [0.2, 0.25) is 5.91 Å². The Balaban J connectivity index is 1.57. The van der Waals surface area contributed by atoms with Gasteiger partial charge in [0.15, 0.2) is 0 Å². The lowest BCUT2D eigenvalue weighted by molar-refractivity contribution is -0.113. The third-order valence-electron chi connectivity index (χ3n) is 3.40. The second kappa shape index (κ2) is 8.38. The molecule has 0 unspecified atom stereocenters. The van der Waals surface area contributed by atoms with Gasteiger partial charge in [-0.15, -0.1) is 23.1 Å². The number of carbonyl (C=O) groups excluding carboxylic acids is 1. The molecule has 0 saturated carbocycles. The molecule has 5 heteroatoms. The molecular weight excluding hydrogens is 358 g/mol. The van der Waals surface area contributed by atoms with Crippen molar-refractivity contribution in [2.75, 3.05) is 11.1 Å². The first-order valence-electron chi connectivity index (χ1n) is 7.47. The number of hydrogen-bond acceptors (Lipinski definition) is 3. The van der Waals surface area contributed by atoms with Crippen LogP contribution in [0.3, 0.4) is 0 Å². The van der Waals surface area contributed by atoms with Crippen LogP contribution >= 0.6 is 34.7 Å². The summed E-state index contributed by atoms with van der Waals surface area (Å²) >= 11 is 9.13. The number of rotatable bonds is 6. The number of nitrogens with one attached hydrogen (secondary N) is 1. The molecule has 122 valence electrons. The lowest BCUT2D eigenvalue weighted by Gasteiger charge is -2.10. The summed E-state index contributed by atoms with van der Waals surface area (Å²) in [4.78, 5) is 13.4. The van der Waals surface area contributed by atoms with Crippen LogP contribution in [0, 0.1) is 0 Å². The standard InChI is InChI=1S/C19H16ClNOS2/c20-15-9-7-14(8-10-15)12-23-13-19(22)21-17-5-2-1-4-16(17)18-6-3-11-24-18/h1-11H,12-13H2,(H,21,22). The Morgan fingerprint density at radius 2 is 1.83 bits per heavy atom. The zero-order valence-electron chi connectivity index (χ0n) is 12.9. The third-order valence-corrected chi connectivity index (χ3v) is 5.56. The molecule has 0 atom stereocenters. The highest BCUT2D eigenvalue weighted by molar-refractivity contribution is 7.99. The predicted octanol–water partition coefficient (Wildman–Crippen LogP) is 5.94. The van der Waals surface area contributed by atoms with E-state index in [0.717, 1.165) is 32.5 Å². The van der Waals surface area contributed by atoms with Crippen molar-refractivity contribution in [3.63, 3.8) is 0 Å². The third kappa shape index (κ3) is 4.63. The second-order valence-electron chi connectivity index (χ2n) is 5.19. The average molecular weight is 374 g/mol. The summed E-state index contributed by atoms with van der Waals surface area (Å²) in [6.07, 6.45) is 0. The van der Waals surface area contributed by atoms with Crippen molar-refractivity contribution in [1.29, 1.82) is 0 Å². The van der Waals surface area contributed by atoms with E-state index in [0.29, 0.717) is 5.75 Å². The van der Waals surface area contributed by atoms with Gasteiger partial charge in [0, 0.05) is 26.9 Å². The topological polar surface area (TPSA) is 29.1 Å². The molecule has 3 rings (SSSR count). The molecule has 3 aromatic rings. The zero-order valence-corrected chi connectivity index (χ0v) is 15.3. The normalized spacial score (nSPS) is 10.5. The summed E-state index contributed by atoms with van der Waals surface area (Å²) < 4.78 is 0. The maximum absolute atomic E-state index is 12.2. The van der Waals surface area contributed by atoms with Gasteiger partial charge in [0.05, 0.1) is 5.75 Å². The van der Waals surface area contributed by atoms with E-state index in [1.165, 1.54) is 0 Å². The number of benzene rings is 2. The van der Waals surface area contributed by atoms with E-state index in [9.17, 15) is 4.79 Å². The van der Waals surface area contributed by atoms with Crippen LogP contribution in [-0.2, 0) is 10.5 Å². The number of para-hydroxylation sites is 1. The van der Waals surface area contributed by atoms with Gasteiger partial charge < -0.3 is 5.32 Å². The number of amides is 1. The largest absolute Gasteiger partial charge is 0.325 e. The van der Waals surface area contributed by atoms with Crippen molar-refractivity contribution < 1.29 is 4.79 Å². The quantitative estimate of drug-likeness (QED) is 0.579. The molecule has 1 N–H and O–H groups in total. The number of anilines is 1. The van der Waals surface area contributed by atoms with E-state index < -0.39 is 0 Å². The molecule has 0 bridgehead atoms. The molecule has 0 radical (unpaired) electrons. The molecule has 1 aromatic heterocycles. The predicted molar refractivity (Wildman–Crippen MR) is 106 cm³/mol. The van der Waals surface area contributed by atoms with Gasteiger partial charge in [0.25, 0.3) is 0 Å². The monoisotopic (exact) mass is 373 g/mol. The lowest BCUT2D eigenvalue weighted by Crippen LogP contribution is -2.14. The lowest BCUT2D eigenvalue weighted by atomic mass is 10.1. The molecule has 24 heavy (non-hydrogen) atoms. The fraction of sp³-hybridized carbons (Fsp3) is 0.105. The minimum absolute atomic E-state index is 0.0120. The minimum Gasteiger partial charge on any atom is -0.325 e. The van der Waals surface area contributed by atoms with E-state index in [4.69, 9.17) is 11.6 Å². The first-order chi connectivity index (χ1) is 11.7. The molecule has 1 heterocycles. The van der Waals surface area contributed by atoms with Crippen molar-refractivity contribution in [3.8, 4) is 10.4 Å². The van der Waals surface area contributed by atoms with Crippen LogP contribution in [0.25, 0.3) is 10.4 Å². The van der Waals surface area contributed by atoms with Gasteiger partial charge >= 0.3 is 0 Å². The molecule has 0 fully saturated rings. The van der Waals surface area contributed by atoms with E-state index >= 15 is 0 Å². The number of carbonyl (C=O) groups is 1. The van der Waals surface area contributed by atoms with Crippen LogP contribution < -0.4 is 5.32 Å². The van der Waals surface area contributed by atoms with Gasteiger partial charge in [-0.25, -0.2) is 0 Å². The fourth-order valence-electron chi connectivity index (χ4n) is 2.27. The second-order valence-corrected chi connectivity index (χ2v) is 7.56. The summed E-state index contributed by atoms with van der Waals surface area (Å²) in [6.45, 7) is 0. The van der Waals surface area contributed by atoms with Crippen molar-refractivity contribution >= 4 is 46.3 Å². The van der Waals surface area contributed by atoms with Gasteiger partial charge in [0.1, 0.15) is 0 Å². The molecule has 0 aliphatic heterocycles. The summed E-state index contributed by atoms with van der Waals surface area (Å²) in [7, 11) is 0. The Morgan fingerprint density at radius 1 is 1.04 bits per heavy atom. The Kier molecular flexibility index (Phi) is 5.96. The number of hydrogen-bond donors (Lipinski definition) is 1. The Hall–Kier alpha value is -1.75.